The highest BCUT2D eigenvalue weighted by molar-refractivity contribution is 7.80. The van der Waals surface area contributed by atoms with Crippen LogP contribution in [0.1, 0.15) is 19.8 Å². The molecule has 7 heteroatoms. The van der Waals surface area contributed by atoms with E-state index in [1.807, 2.05) is 6.92 Å². The number of nitrogens with zero attached hydrogens (tertiary/aromatic N) is 1. The van der Waals surface area contributed by atoms with Crippen LogP contribution in [0.5, 0.6) is 0 Å². The lowest BCUT2D eigenvalue weighted by atomic mass is 10.3. The number of hydrogen-bond acceptors (Lipinski definition) is 4. The van der Waals surface area contributed by atoms with E-state index in [0.717, 1.165) is 11.1 Å². The molecule has 1 amide bonds. The van der Waals surface area contributed by atoms with Crippen LogP contribution < -0.4 is 10.6 Å². The number of nitrogens with one attached hydrogen (secondary N) is 2. The van der Waals surface area contributed by atoms with Gasteiger partial charge in [-0.3, -0.25) is 4.79 Å². The third-order valence-corrected chi connectivity index (χ3v) is 3.44. The van der Waals surface area contributed by atoms with Crippen LogP contribution >= 0.6 is 23.6 Å². The maximum Gasteiger partial charge on any atom is 0.226 e. The van der Waals surface area contributed by atoms with Crippen molar-refractivity contribution >= 4 is 49.9 Å². The lowest BCUT2D eigenvalue weighted by Crippen LogP contribution is -2.33. The molecule has 0 aliphatic carbocycles. The van der Waals surface area contributed by atoms with E-state index in [1.165, 1.54) is 23.5 Å². The molecule has 0 radical (unpaired) electrons. The van der Waals surface area contributed by atoms with Crippen molar-refractivity contribution in [3.8, 4) is 0 Å². The van der Waals surface area contributed by atoms with Gasteiger partial charge in [0, 0.05) is 6.42 Å². The van der Waals surface area contributed by atoms with Crippen molar-refractivity contribution in [3.63, 3.8) is 0 Å². The van der Waals surface area contributed by atoms with E-state index in [1.54, 1.807) is 6.07 Å². The molecule has 0 fully saturated rings. The van der Waals surface area contributed by atoms with E-state index >= 15 is 0 Å². The summed E-state index contributed by atoms with van der Waals surface area (Å²) in [5.74, 6) is -0.436. The van der Waals surface area contributed by atoms with Gasteiger partial charge in [-0.1, -0.05) is 18.3 Å². The Balaban J connectivity index is 2.05. The molecule has 2 rings (SSSR count). The number of carbonyl (C=O) groups excluding carboxylic acids is 1. The quantitative estimate of drug-likeness (QED) is 0.855. The standard InChI is InChI=1S/C12H12FN3OS2/c1-2-3-10(17)15-11(18)16-12-14-8-5-4-7(13)6-9(8)19-12/h4-6H,2-3H2,1H3,(H2,14,15,16,17,18). The summed E-state index contributed by atoms with van der Waals surface area (Å²) in [7, 11) is 0. The molecule has 0 aliphatic heterocycles. The van der Waals surface area contributed by atoms with Gasteiger partial charge in [-0.25, -0.2) is 9.37 Å². The van der Waals surface area contributed by atoms with Gasteiger partial charge < -0.3 is 10.6 Å². The largest absolute Gasteiger partial charge is 0.308 e. The topological polar surface area (TPSA) is 54.0 Å². The van der Waals surface area contributed by atoms with Crippen molar-refractivity contribution in [1.29, 1.82) is 0 Å². The molecule has 19 heavy (non-hydrogen) atoms. The summed E-state index contributed by atoms with van der Waals surface area (Å²) in [6, 6.07) is 4.37. The van der Waals surface area contributed by atoms with Gasteiger partial charge in [-0.15, -0.1) is 0 Å². The molecule has 1 aromatic carbocycles. The maximum atomic E-state index is 13.0. The first kappa shape index (κ1) is 13.8. The molecular formula is C12H12FN3OS2. The summed E-state index contributed by atoms with van der Waals surface area (Å²) >= 11 is 6.29. The van der Waals surface area contributed by atoms with Crippen LogP contribution in [-0.2, 0) is 4.79 Å². The lowest BCUT2D eigenvalue weighted by molar-refractivity contribution is -0.119. The molecule has 0 saturated heterocycles. The number of rotatable bonds is 3. The highest BCUT2D eigenvalue weighted by Gasteiger charge is 2.08. The van der Waals surface area contributed by atoms with Crippen molar-refractivity contribution in [3.05, 3.63) is 24.0 Å². The molecule has 1 heterocycles. The van der Waals surface area contributed by atoms with Crippen LogP contribution in [0.15, 0.2) is 18.2 Å². The van der Waals surface area contributed by atoms with Gasteiger partial charge in [0.1, 0.15) is 5.82 Å². The Morgan fingerprint density at radius 2 is 2.32 bits per heavy atom. The van der Waals surface area contributed by atoms with E-state index < -0.39 is 0 Å². The van der Waals surface area contributed by atoms with Crippen molar-refractivity contribution in [2.45, 2.75) is 19.8 Å². The first-order valence-electron chi connectivity index (χ1n) is 5.75. The number of benzene rings is 1. The Bertz CT molecular complexity index is 626. The zero-order chi connectivity index (χ0) is 13.8. The normalized spacial score (nSPS) is 10.4. The van der Waals surface area contributed by atoms with E-state index in [2.05, 4.69) is 15.6 Å². The summed E-state index contributed by atoms with van der Waals surface area (Å²) < 4.78 is 13.8. The van der Waals surface area contributed by atoms with Crippen molar-refractivity contribution in [2.75, 3.05) is 5.32 Å². The average Bonchev–Trinajstić information content (AvgIpc) is 2.70. The lowest BCUT2D eigenvalue weighted by Gasteiger charge is -2.05. The zero-order valence-electron chi connectivity index (χ0n) is 10.2. The summed E-state index contributed by atoms with van der Waals surface area (Å²) in [6.07, 6.45) is 1.18. The number of hydrogen-bond donors (Lipinski definition) is 2. The molecule has 4 nitrogen and oxygen atoms in total. The molecular weight excluding hydrogens is 285 g/mol. The van der Waals surface area contributed by atoms with E-state index in [0.29, 0.717) is 17.1 Å². The molecule has 0 saturated carbocycles. The minimum Gasteiger partial charge on any atom is -0.308 e. The SMILES string of the molecule is CCCC(=O)NC(=S)Nc1nc2ccc(F)cc2s1. The van der Waals surface area contributed by atoms with E-state index in [4.69, 9.17) is 12.2 Å². The van der Waals surface area contributed by atoms with Gasteiger partial charge in [0.25, 0.3) is 0 Å². The van der Waals surface area contributed by atoms with Crippen molar-refractivity contribution in [2.24, 2.45) is 0 Å². The Morgan fingerprint density at radius 3 is 3.05 bits per heavy atom. The van der Waals surface area contributed by atoms with Crippen LogP contribution in [0.4, 0.5) is 9.52 Å². The van der Waals surface area contributed by atoms with Crippen LogP contribution in [0, 0.1) is 5.82 Å². The number of anilines is 1. The third-order valence-electron chi connectivity index (χ3n) is 2.30. The number of carbonyl (C=O) groups is 1. The summed E-state index contributed by atoms with van der Waals surface area (Å²) in [6.45, 7) is 1.91. The average molecular weight is 297 g/mol. The molecule has 2 aromatic rings. The minimum atomic E-state index is -0.304. The number of thiazole rings is 1. The van der Waals surface area contributed by atoms with Gasteiger partial charge in [0.05, 0.1) is 10.2 Å². The number of amides is 1. The Labute approximate surface area is 119 Å². The molecule has 1 aromatic heterocycles. The Hall–Kier alpha value is -1.60. The Kier molecular flexibility index (Phi) is 4.39. The van der Waals surface area contributed by atoms with Crippen molar-refractivity contribution in [1.82, 2.24) is 10.3 Å². The molecule has 0 atom stereocenters. The smallest absolute Gasteiger partial charge is 0.226 e. The highest BCUT2D eigenvalue weighted by Crippen LogP contribution is 2.26. The predicted molar refractivity (Wildman–Crippen MR) is 78.8 cm³/mol. The second kappa shape index (κ2) is 6.03. The predicted octanol–water partition coefficient (Wildman–Crippen LogP) is 3.05. The first-order chi connectivity index (χ1) is 9.08. The van der Waals surface area contributed by atoms with Crippen LogP contribution in [0.25, 0.3) is 10.2 Å². The fraction of sp³-hybridized carbons (Fsp3) is 0.250. The van der Waals surface area contributed by atoms with Crippen LogP contribution in [0.3, 0.4) is 0 Å². The highest BCUT2D eigenvalue weighted by atomic mass is 32.1. The number of fused-ring (bicyclic) bond motifs is 1. The molecule has 0 aliphatic rings. The number of thiocarbonyl (C=S) groups is 1. The molecule has 2 N–H and O–H groups in total. The molecule has 0 spiro atoms. The molecule has 100 valence electrons. The van der Waals surface area contributed by atoms with Gasteiger partial charge in [0.15, 0.2) is 10.2 Å². The molecule has 0 unspecified atom stereocenters. The fourth-order valence-electron chi connectivity index (χ4n) is 1.50. The first-order valence-corrected chi connectivity index (χ1v) is 6.98. The second-order valence-corrected chi connectivity index (χ2v) is 5.32. The van der Waals surface area contributed by atoms with Crippen LogP contribution in [0.2, 0.25) is 0 Å². The number of halogens is 1. The summed E-state index contributed by atoms with van der Waals surface area (Å²) in [5, 5.41) is 6.12. The van der Waals surface area contributed by atoms with Gasteiger partial charge in [-0.2, -0.15) is 0 Å². The van der Waals surface area contributed by atoms with Crippen molar-refractivity contribution < 1.29 is 9.18 Å². The monoisotopic (exact) mass is 297 g/mol. The van der Waals surface area contributed by atoms with Gasteiger partial charge in [0.2, 0.25) is 5.91 Å². The zero-order valence-corrected chi connectivity index (χ0v) is 11.8. The Morgan fingerprint density at radius 1 is 1.53 bits per heavy atom. The van der Waals surface area contributed by atoms with E-state index in [9.17, 15) is 9.18 Å². The van der Waals surface area contributed by atoms with E-state index in [-0.39, 0.29) is 16.8 Å². The molecule has 0 bridgehead atoms. The summed E-state index contributed by atoms with van der Waals surface area (Å²) in [5.41, 5.74) is 0.691. The maximum absolute atomic E-state index is 13.0. The van der Waals surface area contributed by atoms with Gasteiger partial charge >= 0.3 is 0 Å². The number of aromatic nitrogens is 1. The summed E-state index contributed by atoms with van der Waals surface area (Å²) in [4.78, 5) is 15.6. The minimum absolute atomic E-state index is 0.132. The second-order valence-electron chi connectivity index (χ2n) is 3.88. The fourth-order valence-corrected chi connectivity index (χ4v) is 2.67. The third kappa shape index (κ3) is 3.68. The van der Waals surface area contributed by atoms with Gasteiger partial charge in [-0.05, 0) is 36.8 Å². The van der Waals surface area contributed by atoms with Crippen LogP contribution in [-0.4, -0.2) is 16.0 Å².